The highest BCUT2D eigenvalue weighted by Gasteiger charge is 2.14. The number of benzene rings is 3. The van der Waals surface area contributed by atoms with Crippen LogP contribution in [0.15, 0.2) is 77.8 Å². The number of esters is 1. The largest absolute Gasteiger partial charge is 0.480 e. The zero-order valence-electron chi connectivity index (χ0n) is 19.7. The van der Waals surface area contributed by atoms with Gasteiger partial charge in [0, 0.05) is 18.1 Å². The number of hydrogen-bond donors (Lipinski definition) is 3. The summed E-state index contributed by atoms with van der Waals surface area (Å²) in [6.07, 6.45) is 0.791. The van der Waals surface area contributed by atoms with Gasteiger partial charge in [0.2, 0.25) is 0 Å². The molecule has 3 rings (SSSR count). The van der Waals surface area contributed by atoms with E-state index in [0.29, 0.717) is 41.5 Å². The monoisotopic (exact) mass is 540 g/mol. The minimum absolute atomic E-state index is 0. The quantitative estimate of drug-likeness (QED) is 0.150. The second-order valence-corrected chi connectivity index (χ2v) is 8.06. The molecule has 0 saturated heterocycles. The average Bonchev–Trinajstić information content (AvgIpc) is 2.84. The summed E-state index contributed by atoms with van der Waals surface area (Å²) in [5.74, 6) is -1.21. The van der Waals surface area contributed by atoms with Gasteiger partial charge in [0.05, 0.1) is 17.8 Å². The molecule has 0 heterocycles. The number of halogens is 1. The minimum Gasteiger partial charge on any atom is -0.480 e. The fraction of sp³-hybridized carbons (Fsp3) is 0.185. The molecule has 0 amide bonds. The molecule has 10 nitrogen and oxygen atoms in total. The fourth-order valence-electron chi connectivity index (χ4n) is 3.31. The summed E-state index contributed by atoms with van der Waals surface area (Å²) in [5.41, 5.74) is 13.4. The van der Waals surface area contributed by atoms with E-state index in [0.717, 1.165) is 11.1 Å². The molecule has 0 aromatic heterocycles. The molecule has 3 aromatic carbocycles. The first-order chi connectivity index (χ1) is 17.7. The van der Waals surface area contributed by atoms with Crippen LogP contribution in [0.1, 0.15) is 28.9 Å². The van der Waals surface area contributed by atoms with Gasteiger partial charge in [-0.1, -0.05) is 55.4 Å². The zero-order valence-corrected chi connectivity index (χ0v) is 20.4. The molecular weight excluding hydrogens is 512 g/mol. The van der Waals surface area contributed by atoms with Crippen LogP contribution in [0.3, 0.4) is 0 Å². The van der Waals surface area contributed by atoms with E-state index < -0.39 is 11.9 Å². The van der Waals surface area contributed by atoms with Gasteiger partial charge in [-0.2, -0.15) is 9.59 Å². The number of aliphatic imine (C=N–C) groups is 1. The highest BCUT2D eigenvalue weighted by atomic mass is 35.5. The SMILES string of the molecule is C.NC(N)=Nc1ccc(C(=O)Oc2ccc(CCN(CC(=O)O)Cc3ccccc3)c(Cl)c2)cc1.O=C=O. The van der Waals surface area contributed by atoms with Crippen molar-refractivity contribution < 1.29 is 29.0 Å². The molecule has 0 aliphatic rings. The minimum atomic E-state index is -0.893. The van der Waals surface area contributed by atoms with Crippen LogP contribution in [0.4, 0.5) is 5.69 Å². The molecular formula is C27H29ClN4O6. The number of nitrogens with two attached hydrogens (primary N) is 2. The van der Waals surface area contributed by atoms with Crippen molar-refractivity contribution in [3.63, 3.8) is 0 Å². The third kappa shape index (κ3) is 11.0. The molecule has 0 saturated carbocycles. The molecule has 3 aromatic rings. The van der Waals surface area contributed by atoms with E-state index in [-0.39, 0.29) is 26.1 Å². The van der Waals surface area contributed by atoms with Crippen molar-refractivity contribution in [2.75, 3.05) is 13.1 Å². The van der Waals surface area contributed by atoms with Crippen LogP contribution >= 0.6 is 11.6 Å². The van der Waals surface area contributed by atoms with Crippen molar-refractivity contribution in [2.45, 2.75) is 20.4 Å². The zero-order chi connectivity index (χ0) is 27.2. The number of carbonyl (C=O) groups is 2. The normalized spacial score (nSPS) is 9.74. The summed E-state index contributed by atoms with van der Waals surface area (Å²) >= 11 is 6.41. The first-order valence-corrected chi connectivity index (χ1v) is 11.3. The lowest BCUT2D eigenvalue weighted by molar-refractivity contribution is -0.191. The number of rotatable bonds is 10. The summed E-state index contributed by atoms with van der Waals surface area (Å²) in [5, 5.41) is 9.68. The molecule has 0 aliphatic carbocycles. The van der Waals surface area contributed by atoms with E-state index in [2.05, 4.69) is 4.99 Å². The van der Waals surface area contributed by atoms with Gasteiger partial charge < -0.3 is 21.3 Å². The van der Waals surface area contributed by atoms with Gasteiger partial charge in [0.1, 0.15) is 5.75 Å². The third-order valence-electron chi connectivity index (χ3n) is 4.90. The number of hydrogen-bond acceptors (Lipinski definition) is 7. The third-order valence-corrected chi connectivity index (χ3v) is 5.25. The van der Waals surface area contributed by atoms with Gasteiger partial charge in [-0.3, -0.25) is 9.69 Å². The maximum absolute atomic E-state index is 12.4. The summed E-state index contributed by atoms with van der Waals surface area (Å²) in [7, 11) is 0. The Kier molecular flexibility index (Phi) is 13.5. The molecule has 5 N–H and O–H groups in total. The number of aliphatic carboxylic acids is 1. The highest BCUT2D eigenvalue weighted by molar-refractivity contribution is 6.31. The second-order valence-electron chi connectivity index (χ2n) is 7.65. The second kappa shape index (κ2) is 16.3. The Morgan fingerprint density at radius 3 is 2.18 bits per heavy atom. The van der Waals surface area contributed by atoms with Crippen LogP contribution < -0.4 is 16.2 Å². The first kappa shape index (κ1) is 31.5. The maximum Gasteiger partial charge on any atom is 0.373 e. The molecule has 0 radical (unpaired) electrons. The Labute approximate surface area is 225 Å². The van der Waals surface area contributed by atoms with Gasteiger partial charge in [0.25, 0.3) is 0 Å². The van der Waals surface area contributed by atoms with E-state index in [1.165, 1.54) is 0 Å². The van der Waals surface area contributed by atoms with Crippen molar-refractivity contribution in [2.24, 2.45) is 16.5 Å². The van der Waals surface area contributed by atoms with Gasteiger partial charge in [0.15, 0.2) is 5.96 Å². The number of carboxylic acid groups (broad SMARTS) is 1. The topological polar surface area (TPSA) is 165 Å². The standard InChI is InChI=1S/C25H25ClN4O4.CO2.CH4/c26-22-14-21(34-24(33)19-6-9-20(10-7-19)29-25(27)28)11-8-18(22)12-13-30(16-23(31)32)15-17-4-2-1-3-5-17;2-1-3;/h1-11,14H,12-13,15-16H2,(H,31,32)(H4,27,28,29);;1H4. The fourth-order valence-corrected chi connectivity index (χ4v) is 3.57. The lowest BCUT2D eigenvalue weighted by atomic mass is 10.1. The van der Waals surface area contributed by atoms with Gasteiger partial charge in [-0.05, 0) is 53.9 Å². The molecule has 0 fully saturated rings. The molecule has 0 spiro atoms. The lowest BCUT2D eigenvalue weighted by Crippen LogP contribution is -2.31. The van der Waals surface area contributed by atoms with Gasteiger partial charge in [-0.15, -0.1) is 0 Å². The van der Waals surface area contributed by atoms with Crippen molar-refractivity contribution in [1.82, 2.24) is 4.90 Å². The van der Waals surface area contributed by atoms with Crippen molar-refractivity contribution in [3.05, 3.63) is 94.5 Å². The van der Waals surface area contributed by atoms with E-state index in [9.17, 15) is 14.7 Å². The Bertz CT molecular complexity index is 1260. The number of carboxylic acids is 1. The molecule has 200 valence electrons. The average molecular weight is 541 g/mol. The molecule has 0 unspecified atom stereocenters. The van der Waals surface area contributed by atoms with Crippen molar-refractivity contribution in [3.8, 4) is 5.75 Å². The first-order valence-electron chi connectivity index (χ1n) is 10.9. The maximum atomic E-state index is 12.4. The number of carbonyl (C=O) groups excluding carboxylic acids is 3. The summed E-state index contributed by atoms with van der Waals surface area (Å²) < 4.78 is 5.42. The number of ether oxygens (including phenoxy) is 1. The summed E-state index contributed by atoms with van der Waals surface area (Å²) in [4.78, 5) is 45.7. The summed E-state index contributed by atoms with van der Waals surface area (Å²) in [6.45, 7) is 0.939. The van der Waals surface area contributed by atoms with Crippen LogP contribution in [0, 0.1) is 0 Å². The molecule has 0 aliphatic heterocycles. The van der Waals surface area contributed by atoms with E-state index >= 15 is 0 Å². The molecule has 0 bridgehead atoms. The van der Waals surface area contributed by atoms with Crippen molar-refractivity contribution in [1.29, 1.82) is 0 Å². The number of nitrogens with zero attached hydrogens (tertiary/aromatic N) is 2. The van der Waals surface area contributed by atoms with E-state index in [4.69, 9.17) is 37.4 Å². The Balaban J connectivity index is 0.00000172. The van der Waals surface area contributed by atoms with E-state index in [1.807, 2.05) is 35.2 Å². The molecule has 0 atom stereocenters. The van der Waals surface area contributed by atoms with Crippen LogP contribution in [-0.2, 0) is 27.3 Å². The van der Waals surface area contributed by atoms with Crippen LogP contribution in [0.25, 0.3) is 0 Å². The Morgan fingerprint density at radius 1 is 1.00 bits per heavy atom. The van der Waals surface area contributed by atoms with Crippen LogP contribution in [-0.4, -0.2) is 47.1 Å². The molecule has 11 heteroatoms. The van der Waals surface area contributed by atoms with Gasteiger partial charge >= 0.3 is 18.1 Å². The van der Waals surface area contributed by atoms with Crippen molar-refractivity contribution >= 4 is 41.3 Å². The Hall–Kier alpha value is -4.50. The predicted octanol–water partition coefficient (Wildman–Crippen LogP) is 3.65. The van der Waals surface area contributed by atoms with Gasteiger partial charge in [-0.25, -0.2) is 9.79 Å². The predicted molar refractivity (Wildman–Crippen MR) is 143 cm³/mol. The van der Waals surface area contributed by atoms with E-state index in [1.54, 1.807) is 42.5 Å². The highest BCUT2D eigenvalue weighted by Crippen LogP contribution is 2.24. The summed E-state index contributed by atoms with van der Waals surface area (Å²) in [6, 6.07) is 21.0. The Morgan fingerprint density at radius 2 is 1.63 bits per heavy atom. The van der Waals surface area contributed by atoms with Crippen LogP contribution in [0.5, 0.6) is 5.75 Å². The number of guanidine groups is 1. The van der Waals surface area contributed by atoms with Crippen LogP contribution in [0.2, 0.25) is 5.02 Å². The lowest BCUT2D eigenvalue weighted by Gasteiger charge is -2.20. The molecule has 38 heavy (non-hydrogen) atoms. The smallest absolute Gasteiger partial charge is 0.373 e.